The Morgan fingerprint density at radius 2 is 1.81 bits per heavy atom. The van der Waals surface area contributed by atoms with Crippen LogP contribution in [0.25, 0.3) is 0 Å². The quantitative estimate of drug-likeness (QED) is 0.830. The van der Waals surface area contributed by atoms with E-state index in [-0.39, 0.29) is 17.9 Å². The fourth-order valence-electron chi connectivity index (χ4n) is 3.41. The van der Waals surface area contributed by atoms with Gasteiger partial charge in [0.25, 0.3) is 0 Å². The Kier molecular flexibility index (Phi) is 4.84. The van der Waals surface area contributed by atoms with Crippen LogP contribution in [0.1, 0.15) is 5.56 Å². The van der Waals surface area contributed by atoms with Crippen LogP contribution in [0.5, 0.6) is 11.5 Å². The minimum Gasteiger partial charge on any atom is -0.457 e. The molecule has 0 N–H and O–H groups in total. The standard InChI is InChI=1S/C19H18F3NO3/c20-13-1-2-18(26-16-7-14(21)6-15(22)8-16)12(5-13)9-23-3-4-25-19-11-24-10-17(19)23/h1-2,5-8,17,19H,3-4,9-11H2/t17-,19+/m0/s1. The monoisotopic (exact) mass is 365 g/mol. The molecule has 0 spiro atoms. The molecule has 2 aromatic carbocycles. The molecule has 0 radical (unpaired) electrons. The highest BCUT2D eigenvalue weighted by Gasteiger charge is 2.37. The van der Waals surface area contributed by atoms with E-state index in [4.69, 9.17) is 14.2 Å². The van der Waals surface area contributed by atoms with E-state index in [1.165, 1.54) is 18.2 Å². The third kappa shape index (κ3) is 3.70. The number of morpholine rings is 1. The molecule has 4 nitrogen and oxygen atoms in total. The van der Waals surface area contributed by atoms with Crippen molar-refractivity contribution in [1.82, 2.24) is 4.90 Å². The summed E-state index contributed by atoms with van der Waals surface area (Å²) < 4.78 is 57.4. The molecule has 2 heterocycles. The van der Waals surface area contributed by atoms with E-state index in [2.05, 4.69) is 4.90 Å². The third-order valence-electron chi connectivity index (χ3n) is 4.64. The van der Waals surface area contributed by atoms with Crippen molar-refractivity contribution in [2.75, 3.05) is 26.4 Å². The average Bonchev–Trinajstić information content (AvgIpc) is 3.06. The molecular weight excluding hydrogens is 347 g/mol. The maximum atomic E-state index is 13.8. The third-order valence-corrected chi connectivity index (χ3v) is 4.64. The highest BCUT2D eigenvalue weighted by molar-refractivity contribution is 5.38. The smallest absolute Gasteiger partial charge is 0.133 e. The molecule has 2 atom stereocenters. The lowest BCUT2D eigenvalue weighted by Crippen LogP contribution is -2.50. The Labute approximate surface area is 149 Å². The van der Waals surface area contributed by atoms with Crippen LogP contribution in [0.2, 0.25) is 0 Å². The van der Waals surface area contributed by atoms with Crippen molar-refractivity contribution in [1.29, 1.82) is 0 Å². The van der Waals surface area contributed by atoms with E-state index < -0.39 is 17.5 Å². The summed E-state index contributed by atoms with van der Waals surface area (Å²) in [4.78, 5) is 2.16. The summed E-state index contributed by atoms with van der Waals surface area (Å²) in [6.07, 6.45) is 0.0130. The van der Waals surface area contributed by atoms with Crippen molar-refractivity contribution in [2.45, 2.75) is 18.7 Å². The maximum absolute atomic E-state index is 13.8. The molecule has 138 valence electrons. The van der Waals surface area contributed by atoms with Gasteiger partial charge in [0.05, 0.1) is 32.0 Å². The number of ether oxygens (including phenoxy) is 3. The highest BCUT2D eigenvalue weighted by Crippen LogP contribution is 2.30. The molecular formula is C19H18F3NO3. The van der Waals surface area contributed by atoms with Gasteiger partial charge < -0.3 is 14.2 Å². The summed E-state index contributed by atoms with van der Waals surface area (Å²) in [5.74, 6) is -1.48. The summed E-state index contributed by atoms with van der Waals surface area (Å²) in [6.45, 7) is 2.81. The van der Waals surface area contributed by atoms with Gasteiger partial charge >= 0.3 is 0 Å². The number of benzene rings is 2. The normalized spacial score (nSPS) is 23.0. The van der Waals surface area contributed by atoms with E-state index >= 15 is 0 Å². The molecule has 2 aromatic rings. The van der Waals surface area contributed by atoms with Crippen molar-refractivity contribution in [3.05, 3.63) is 59.4 Å². The molecule has 2 saturated heterocycles. The summed E-state index contributed by atoms with van der Waals surface area (Å²) >= 11 is 0. The second-order valence-electron chi connectivity index (χ2n) is 6.44. The lowest BCUT2D eigenvalue weighted by molar-refractivity contribution is -0.0513. The topological polar surface area (TPSA) is 30.9 Å². The van der Waals surface area contributed by atoms with E-state index in [0.717, 1.165) is 18.2 Å². The fourth-order valence-corrected chi connectivity index (χ4v) is 3.41. The molecule has 2 fully saturated rings. The first kappa shape index (κ1) is 17.3. The van der Waals surface area contributed by atoms with E-state index in [9.17, 15) is 13.2 Å². The van der Waals surface area contributed by atoms with Gasteiger partial charge in [0.2, 0.25) is 0 Å². The minimum atomic E-state index is -0.734. The molecule has 0 saturated carbocycles. The Morgan fingerprint density at radius 1 is 1.00 bits per heavy atom. The van der Waals surface area contributed by atoms with Gasteiger partial charge in [0.1, 0.15) is 29.0 Å². The first-order valence-corrected chi connectivity index (χ1v) is 8.44. The number of hydrogen-bond acceptors (Lipinski definition) is 4. The number of fused-ring (bicyclic) bond motifs is 1. The maximum Gasteiger partial charge on any atom is 0.133 e. The molecule has 4 rings (SSSR count). The van der Waals surface area contributed by atoms with Gasteiger partial charge in [-0.2, -0.15) is 0 Å². The SMILES string of the molecule is Fc1cc(F)cc(Oc2ccc(F)cc2CN2CCO[C@@H]3COC[C@@H]32)c1. The zero-order valence-corrected chi connectivity index (χ0v) is 14.0. The van der Waals surface area contributed by atoms with Crippen molar-refractivity contribution < 1.29 is 27.4 Å². The molecule has 26 heavy (non-hydrogen) atoms. The van der Waals surface area contributed by atoms with Gasteiger partial charge in [0, 0.05) is 36.9 Å². The van der Waals surface area contributed by atoms with E-state index in [1.807, 2.05) is 0 Å². The number of hydrogen-bond donors (Lipinski definition) is 0. The molecule has 0 bridgehead atoms. The first-order chi connectivity index (χ1) is 12.6. The zero-order valence-electron chi connectivity index (χ0n) is 14.0. The summed E-state index contributed by atoms with van der Waals surface area (Å²) in [7, 11) is 0. The van der Waals surface area contributed by atoms with Gasteiger partial charge in [0.15, 0.2) is 0 Å². The molecule has 0 aromatic heterocycles. The Bertz CT molecular complexity index is 781. The zero-order chi connectivity index (χ0) is 18.1. The summed E-state index contributed by atoms with van der Waals surface area (Å²) in [5.41, 5.74) is 0.599. The lowest BCUT2D eigenvalue weighted by Gasteiger charge is -2.36. The average molecular weight is 365 g/mol. The predicted octanol–water partition coefficient (Wildman–Crippen LogP) is 3.50. The van der Waals surface area contributed by atoms with Gasteiger partial charge in [-0.1, -0.05) is 0 Å². The van der Waals surface area contributed by atoms with E-state index in [1.54, 1.807) is 0 Å². The van der Waals surface area contributed by atoms with Crippen molar-refractivity contribution >= 4 is 0 Å². The second-order valence-corrected chi connectivity index (χ2v) is 6.44. The van der Waals surface area contributed by atoms with Crippen LogP contribution in [-0.2, 0) is 16.0 Å². The van der Waals surface area contributed by atoms with Crippen LogP contribution in [0.15, 0.2) is 36.4 Å². The van der Waals surface area contributed by atoms with Crippen LogP contribution in [-0.4, -0.2) is 43.4 Å². The van der Waals surface area contributed by atoms with Crippen LogP contribution in [0.3, 0.4) is 0 Å². The number of halogens is 3. The van der Waals surface area contributed by atoms with Crippen LogP contribution >= 0.6 is 0 Å². The van der Waals surface area contributed by atoms with Crippen molar-refractivity contribution in [3.63, 3.8) is 0 Å². The van der Waals surface area contributed by atoms with Crippen LogP contribution < -0.4 is 4.74 Å². The predicted molar refractivity (Wildman–Crippen MR) is 87.6 cm³/mol. The Hall–Kier alpha value is -2.09. The van der Waals surface area contributed by atoms with Crippen LogP contribution in [0.4, 0.5) is 13.2 Å². The summed E-state index contributed by atoms with van der Waals surface area (Å²) in [5, 5.41) is 0. The molecule has 2 aliphatic rings. The summed E-state index contributed by atoms with van der Waals surface area (Å²) in [6, 6.07) is 7.16. The molecule has 7 heteroatoms. The minimum absolute atomic E-state index is 0.0130. The Balaban J connectivity index is 1.58. The van der Waals surface area contributed by atoms with Crippen molar-refractivity contribution in [2.24, 2.45) is 0 Å². The number of nitrogens with zero attached hydrogens (tertiary/aromatic N) is 1. The molecule has 0 unspecified atom stereocenters. The fraction of sp³-hybridized carbons (Fsp3) is 0.368. The molecule has 0 amide bonds. The Morgan fingerprint density at radius 3 is 2.62 bits per heavy atom. The molecule has 0 aliphatic carbocycles. The largest absolute Gasteiger partial charge is 0.457 e. The van der Waals surface area contributed by atoms with E-state index in [0.29, 0.717) is 44.2 Å². The van der Waals surface area contributed by atoms with Gasteiger partial charge in [-0.15, -0.1) is 0 Å². The van der Waals surface area contributed by atoms with Crippen LogP contribution in [0, 0.1) is 17.5 Å². The number of rotatable bonds is 4. The van der Waals surface area contributed by atoms with Crippen molar-refractivity contribution in [3.8, 4) is 11.5 Å². The second kappa shape index (κ2) is 7.26. The van der Waals surface area contributed by atoms with Gasteiger partial charge in [-0.3, -0.25) is 4.90 Å². The molecule has 2 aliphatic heterocycles. The van der Waals surface area contributed by atoms with Gasteiger partial charge in [-0.05, 0) is 18.2 Å². The lowest BCUT2D eigenvalue weighted by atomic mass is 10.1. The van der Waals surface area contributed by atoms with Gasteiger partial charge in [-0.25, -0.2) is 13.2 Å². The first-order valence-electron chi connectivity index (χ1n) is 8.44. The highest BCUT2D eigenvalue weighted by atomic mass is 19.1.